The third-order valence-electron chi connectivity index (χ3n) is 4.35. The summed E-state index contributed by atoms with van der Waals surface area (Å²) in [5, 5.41) is 19.9. The number of hydrogen-bond donors (Lipinski definition) is 1. The van der Waals surface area contributed by atoms with Gasteiger partial charge in [-0.05, 0) is 58.7 Å². The molecule has 0 spiro atoms. The summed E-state index contributed by atoms with van der Waals surface area (Å²) in [7, 11) is 0. The Labute approximate surface area is 121 Å². The Morgan fingerprint density at radius 3 is 2.20 bits per heavy atom. The summed E-state index contributed by atoms with van der Waals surface area (Å²) in [6.07, 6.45) is 0.799. The SMILES string of the molecule is CC1(C)CC(C(C)(O)c2ccc(C#N)cc2)C(C)(C)O1. The van der Waals surface area contributed by atoms with Crippen molar-refractivity contribution in [2.24, 2.45) is 5.92 Å². The molecule has 0 amide bonds. The van der Waals surface area contributed by atoms with Gasteiger partial charge in [0.1, 0.15) is 0 Å². The highest BCUT2D eigenvalue weighted by Gasteiger charge is 2.53. The summed E-state index contributed by atoms with van der Waals surface area (Å²) in [4.78, 5) is 0. The molecule has 0 aliphatic carbocycles. The first-order valence-electron chi connectivity index (χ1n) is 7.02. The monoisotopic (exact) mass is 273 g/mol. The molecule has 1 aliphatic heterocycles. The van der Waals surface area contributed by atoms with Crippen molar-refractivity contribution in [3.05, 3.63) is 35.4 Å². The summed E-state index contributed by atoms with van der Waals surface area (Å²) < 4.78 is 6.09. The lowest BCUT2D eigenvalue weighted by Gasteiger charge is -2.38. The Morgan fingerprint density at radius 2 is 1.80 bits per heavy atom. The molecule has 3 heteroatoms. The number of nitrogens with zero attached hydrogens (tertiary/aromatic N) is 1. The lowest BCUT2D eigenvalue weighted by atomic mass is 9.72. The minimum atomic E-state index is -0.981. The van der Waals surface area contributed by atoms with Crippen LogP contribution in [0, 0.1) is 17.2 Å². The van der Waals surface area contributed by atoms with Crippen LogP contribution in [0.5, 0.6) is 0 Å². The molecule has 2 rings (SSSR count). The fourth-order valence-corrected chi connectivity index (χ4v) is 3.52. The third kappa shape index (κ3) is 2.59. The molecule has 0 saturated carbocycles. The Bertz CT molecular complexity index is 535. The van der Waals surface area contributed by atoms with E-state index in [4.69, 9.17) is 10.00 Å². The summed E-state index contributed by atoms with van der Waals surface area (Å²) in [6.45, 7) is 10.0. The van der Waals surface area contributed by atoms with Gasteiger partial charge in [-0.3, -0.25) is 0 Å². The lowest BCUT2D eigenvalue weighted by Crippen LogP contribution is -2.42. The second-order valence-electron chi connectivity index (χ2n) is 7.06. The van der Waals surface area contributed by atoms with E-state index in [9.17, 15) is 5.11 Å². The predicted octanol–water partition coefficient (Wildman–Crippen LogP) is 3.36. The molecule has 2 unspecified atom stereocenters. The number of nitriles is 1. The van der Waals surface area contributed by atoms with Crippen molar-refractivity contribution < 1.29 is 9.84 Å². The molecular weight excluding hydrogens is 250 g/mol. The Morgan fingerprint density at radius 1 is 1.25 bits per heavy atom. The number of rotatable bonds is 2. The average Bonchev–Trinajstić information content (AvgIpc) is 2.58. The van der Waals surface area contributed by atoms with Gasteiger partial charge in [-0.2, -0.15) is 5.26 Å². The molecule has 1 saturated heterocycles. The van der Waals surface area contributed by atoms with Gasteiger partial charge in [0.25, 0.3) is 0 Å². The van der Waals surface area contributed by atoms with E-state index in [1.54, 1.807) is 12.1 Å². The largest absolute Gasteiger partial charge is 0.385 e. The van der Waals surface area contributed by atoms with Crippen molar-refractivity contribution in [2.45, 2.75) is 57.8 Å². The van der Waals surface area contributed by atoms with Crippen LogP contribution in [-0.4, -0.2) is 16.3 Å². The third-order valence-corrected chi connectivity index (χ3v) is 4.35. The normalized spacial score (nSPS) is 26.8. The van der Waals surface area contributed by atoms with E-state index >= 15 is 0 Å². The molecule has 20 heavy (non-hydrogen) atoms. The summed E-state index contributed by atoms with van der Waals surface area (Å²) >= 11 is 0. The van der Waals surface area contributed by atoms with Crippen LogP contribution in [0.2, 0.25) is 0 Å². The van der Waals surface area contributed by atoms with Gasteiger partial charge >= 0.3 is 0 Å². The molecule has 0 bridgehead atoms. The first-order valence-corrected chi connectivity index (χ1v) is 7.02. The number of hydrogen-bond acceptors (Lipinski definition) is 3. The van der Waals surface area contributed by atoms with E-state index in [-0.39, 0.29) is 17.1 Å². The molecule has 3 nitrogen and oxygen atoms in total. The molecule has 1 heterocycles. The van der Waals surface area contributed by atoms with Crippen molar-refractivity contribution >= 4 is 0 Å². The van der Waals surface area contributed by atoms with Crippen LogP contribution in [0.4, 0.5) is 0 Å². The predicted molar refractivity (Wildman–Crippen MR) is 78.1 cm³/mol. The van der Waals surface area contributed by atoms with E-state index < -0.39 is 5.60 Å². The van der Waals surface area contributed by atoms with Crippen LogP contribution in [0.3, 0.4) is 0 Å². The van der Waals surface area contributed by atoms with E-state index in [1.165, 1.54) is 0 Å². The zero-order valence-corrected chi connectivity index (χ0v) is 12.9. The van der Waals surface area contributed by atoms with Crippen LogP contribution in [-0.2, 0) is 10.3 Å². The van der Waals surface area contributed by atoms with Crippen molar-refractivity contribution in [2.75, 3.05) is 0 Å². The number of aliphatic hydroxyl groups is 1. The van der Waals surface area contributed by atoms with Gasteiger partial charge in [-0.1, -0.05) is 12.1 Å². The molecule has 0 radical (unpaired) electrons. The fraction of sp³-hybridized carbons (Fsp3) is 0.588. The zero-order chi connectivity index (χ0) is 15.2. The standard InChI is InChI=1S/C17H23NO2/c1-15(2)10-14(16(3,4)20-15)17(5,19)13-8-6-12(11-18)7-9-13/h6-9,14,19H,10H2,1-5H3. The Balaban J connectivity index is 2.36. The smallest absolute Gasteiger partial charge is 0.0991 e. The molecule has 2 atom stereocenters. The van der Waals surface area contributed by atoms with Crippen molar-refractivity contribution in [1.29, 1.82) is 5.26 Å². The van der Waals surface area contributed by atoms with E-state index in [0.29, 0.717) is 5.56 Å². The molecule has 1 aliphatic rings. The van der Waals surface area contributed by atoms with Gasteiger partial charge in [-0.15, -0.1) is 0 Å². The second kappa shape index (κ2) is 4.58. The summed E-state index contributed by atoms with van der Waals surface area (Å²) in [5.74, 6) is -0.00191. The lowest BCUT2D eigenvalue weighted by molar-refractivity contribution is -0.110. The van der Waals surface area contributed by atoms with Crippen molar-refractivity contribution in [3.8, 4) is 6.07 Å². The van der Waals surface area contributed by atoms with Crippen molar-refractivity contribution in [3.63, 3.8) is 0 Å². The van der Waals surface area contributed by atoms with Gasteiger partial charge in [0.15, 0.2) is 0 Å². The number of ether oxygens (including phenoxy) is 1. The van der Waals surface area contributed by atoms with Gasteiger partial charge < -0.3 is 9.84 Å². The molecule has 1 fully saturated rings. The maximum absolute atomic E-state index is 11.1. The molecule has 1 aromatic carbocycles. The molecule has 0 aromatic heterocycles. The second-order valence-corrected chi connectivity index (χ2v) is 7.06. The van der Waals surface area contributed by atoms with Crippen LogP contribution in [0.25, 0.3) is 0 Å². The molecule has 1 N–H and O–H groups in total. The Kier molecular flexibility index (Phi) is 3.44. The fourth-order valence-electron chi connectivity index (χ4n) is 3.52. The Hall–Kier alpha value is -1.37. The van der Waals surface area contributed by atoms with Gasteiger partial charge in [0, 0.05) is 5.92 Å². The maximum atomic E-state index is 11.1. The molecular formula is C17H23NO2. The highest BCUT2D eigenvalue weighted by atomic mass is 16.5. The van der Waals surface area contributed by atoms with Crippen LogP contribution in [0.15, 0.2) is 24.3 Å². The highest BCUT2D eigenvalue weighted by Crippen LogP contribution is 2.50. The summed E-state index contributed by atoms with van der Waals surface area (Å²) in [6, 6.07) is 9.26. The van der Waals surface area contributed by atoms with Crippen LogP contribution < -0.4 is 0 Å². The van der Waals surface area contributed by atoms with E-state index in [2.05, 4.69) is 19.9 Å². The minimum absolute atomic E-state index is 0.00191. The zero-order valence-electron chi connectivity index (χ0n) is 12.9. The van der Waals surface area contributed by atoms with E-state index in [0.717, 1.165) is 12.0 Å². The average molecular weight is 273 g/mol. The molecule has 108 valence electrons. The van der Waals surface area contributed by atoms with Crippen LogP contribution >= 0.6 is 0 Å². The maximum Gasteiger partial charge on any atom is 0.0991 e. The van der Waals surface area contributed by atoms with Crippen molar-refractivity contribution in [1.82, 2.24) is 0 Å². The van der Waals surface area contributed by atoms with Gasteiger partial charge in [0.05, 0.1) is 28.4 Å². The minimum Gasteiger partial charge on any atom is -0.385 e. The summed E-state index contributed by atoms with van der Waals surface area (Å²) in [5.41, 5.74) is -0.167. The van der Waals surface area contributed by atoms with Gasteiger partial charge in [0.2, 0.25) is 0 Å². The van der Waals surface area contributed by atoms with Gasteiger partial charge in [-0.25, -0.2) is 0 Å². The van der Waals surface area contributed by atoms with E-state index in [1.807, 2.05) is 32.9 Å². The number of benzene rings is 1. The topological polar surface area (TPSA) is 53.2 Å². The van der Waals surface area contributed by atoms with Crippen LogP contribution in [0.1, 0.15) is 52.2 Å². The molecule has 1 aromatic rings. The first-order chi connectivity index (χ1) is 9.08. The first kappa shape index (κ1) is 15.0. The quantitative estimate of drug-likeness (QED) is 0.899. The highest BCUT2D eigenvalue weighted by molar-refractivity contribution is 5.34.